The number of rotatable bonds is 3. The van der Waals surface area contributed by atoms with Gasteiger partial charge in [0.15, 0.2) is 23.3 Å². The van der Waals surface area contributed by atoms with E-state index in [0.29, 0.717) is 0 Å². The maximum atomic E-state index is 11.2. The van der Waals surface area contributed by atoms with Gasteiger partial charge in [0.05, 0.1) is 6.10 Å². The number of alkyl halides is 1. The number of ether oxygens (including phenoxy) is 4. The molecule has 1 fully saturated rings. The van der Waals surface area contributed by atoms with E-state index in [2.05, 4.69) is 15.9 Å². The van der Waals surface area contributed by atoms with Crippen LogP contribution in [-0.4, -0.2) is 47.3 Å². The molecule has 0 radical (unpaired) electrons. The molecule has 1 aliphatic rings. The molecule has 1 rings (SSSR count). The molecule has 1 saturated heterocycles. The first-order valence-corrected chi connectivity index (χ1v) is 6.95. The fraction of sp³-hybridized carbons (Fsp3) is 0.750. The van der Waals surface area contributed by atoms with E-state index in [1.165, 1.54) is 20.8 Å². The van der Waals surface area contributed by atoms with Crippen LogP contribution in [0.15, 0.2) is 0 Å². The third-order valence-electron chi connectivity index (χ3n) is 2.62. The maximum Gasteiger partial charge on any atom is 0.303 e. The molecule has 0 aromatic heterocycles. The Hall–Kier alpha value is -1.15. The fourth-order valence-corrected chi connectivity index (χ4v) is 2.70. The molecule has 0 aromatic carbocycles. The number of hydrogen-bond donors (Lipinski definition) is 0. The highest BCUT2D eigenvalue weighted by Gasteiger charge is 2.49. The predicted molar refractivity (Wildman–Crippen MR) is 69.9 cm³/mol. The number of halogens is 1. The molecule has 114 valence electrons. The van der Waals surface area contributed by atoms with Gasteiger partial charge in [-0.2, -0.15) is 0 Å². The third kappa shape index (κ3) is 4.45. The quantitative estimate of drug-likeness (QED) is 0.424. The van der Waals surface area contributed by atoms with Crippen molar-refractivity contribution in [3.05, 3.63) is 0 Å². The van der Waals surface area contributed by atoms with E-state index < -0.39 is 47.3 Å². The van der Waals surface area contributed by atoms with Crippen molar-refractivity contribution in [2.45, 2.75) is 57.1 Å². The van der Waals surface area contributed by atoms with Crippen molar-refractivity contribution in [1.29, 1.82) is 0 Å². The van der Waals surface area contributed by atoms with Crippen molar-refractivity contribution in [2.75, 3.05) is 0 Å². The van der Waals surface area contributed by atoms with E-state index in [1.54, 1.807) is 6.92 Å². The van der Waals surface area contributed by atoms with Gasteiger partial charge in [-0.15, -0.1) is 0 Å². The SMILES string of the molecule is CC(=O)O[C@H]1[C@H](OC(C)=O)[C@H](C)O[C@@H](Br)[C@H]1OC(C)=O. The largest absolute Gasteiger partial charge is 0.456 e. The molecule has 0 amide bonds. The summed E-state index contributed by atoms with van der Waals surface area (Å²) in [6.07, 6.45) is -3.22. The molecule has 0 aliphatic carbocycles. The van der Waals surface area contributed by atoms with Gasteiger partial charge in [0.25, 0.3) is 0 Å². The first-order chi connectivity index (χ1) is 9.22. The van der Waals surface area contributed by atoms with Gasteiger partial charge in [-0.25, -0.2) is 0 Å². The molecular weight excluding hydrogens is 336 g/mol. The monoisotopic (exact) mass is 352 g/mol. The molecule has 7 nitrogen and oxygen atoms in total. The number of hydrogen-bond acceptors (Lipinski definition) is 7. The molecule has 0 unspecified atom stereocenters. The van der Waals surface area contributed by atoms with Crippen molar-refractivity contribution >= 4 is 33.8 Å². The van der Waals surface area contributed by atoms with Gasteiger partial charge in [-0.05, 0) is 6.92 Å². The van der Waals surface area contributed by atoms with Crippen molar-refractivity contribution in [2.24, 2.45) is 0 Å². The van der Waals surface area contributed by atoms with Crippen LogP contribution in [0.3, 0.4) is 0 Å². The molecule has 20 heavy (non-hydrogen) atoms. The highest BCUT2D eigenvalue weighted by atomic mass is 79.9. The van der Waals surface area contributed by atoms with Crippen LogP contribution in [0.5, 0.6) is 0 Å². The summed E-state index contributed by atoms with van der Waals surface area (Å²) in [5, 5.41) is -0.669. The summed E-state index contributed by atoms with van der Waals surface area (Å²) in [6.45, 7) is 5.35. The lowest BCUT2D eigenvalue weighted by Gasteiger charge is -2.41. The van der Waals surface area contributed by atoms with Crippen LogP contribution in [0, 0.1) is 0 Å². The van der Waals surface area contributed by atoms with Gasteiger partial charge in [-0.1, -0.05) is 15.9 Å². The second kappa shape index (κ2) is 7.03. The zero-order valence-electron chi connectivity index (χ0n) is 11.6. The molecule has 0 bridgehead atoms. The molecule has 0 aromatic rings. The lowest BCUT2D eigenvalue weighted by atomic mass is 10.00. The normalized spacial score (nSPS) is 33.1. The van der Waals surface area contributed by atoms with Crippen LogP contribution in [0.1, 0.15) is 27.7 Å². The van der Waals surface area contributed by atoms with Crippen LogP contribution in [-0.2, 0) is 33.3 Å². The number of carbonyl (C=O) groups is 3. The molecule has 5 atom stereocenters. The van der Waals surface area contributed by atoms with Crippen molar-refractivity contribution < 1.29 is 33.3 Å². The average Bonchev–Trinajstić information content (AvgIpc) is 2.27. The molecular formula is C12H17BrO7. The highest BCUT2D eigenvalue weighted by Crippen LogP contribution is 2.31. The Morgan fingerprint density at radius 2 is 1.25 bits per heavy atom. The smallest absolute Gasteiger partial charge is 0.303 e. The Bertz CT molecular complexity index is 369. The Morgan fingerprint density at radius 1 is 0.850 bits per heavy atom. The Labute approximate surface area is 125 Å². The zero-order chi connectivity index (χ0) is 15.4. The van der Waals surface area contributed by atoms with E-state index in [4.69, 9.17) is 18.9 Å². The van der Waals surface area contributed by atoms with E-state index in [9.17, 15) is 14.4 Å². The number of carbonyl (C=O) groups excluding carboxylic acids is 3. The Morgan fingerprint density at radius 3 is 1.70 bits per heavy atom. The van der Waals surface area contributed by atoms with Gasteiger partial charge in [-0.3, -0.25) is 14.4 Å². The van der Waals surface area contributed by atoms with Gasteiger partial charge in [0.1, 0.15) is 0 Å². The molecule has 0 spiro atoms. The minimum atomic E-state index is -0.937. The third-order valence-corrected chi connectivity index (χ3v) is 3.36. The highest BCUT2D eigenvalue weighted by molar-refractivity contribution is 9.09. The van der Waals surface area contributed by atoms with E-state index in [-0.39, 0.29) is 0 Å². The first kappa shape index (κ1) is 16.9. The van der Waals surface area contributed by atoms with E-state index in [0.717, 1.165) is 0 Å². The summed E-state index contributed by atoms with van der Waals surface area (Å²) in [6, 6.07) is 0. The van der Waals surface area contributed by atoms with Gasteiger partial charge >= 0.3 is 17.9 Å². The van der Waals surface area contributed by atoms with Gasteiger partial charge in [0, 0.05) is 20.8 Å². The summed E-state index contributed by atoms with van der Waals surface area (Å²) >= 11 is 3.22. The summed E-state index contributed by atoms with van der Waals surface area (Å²) in [7, 11) is 0. The Kier molecular flexibility index (Phi) is 5.94. The van der Waals surface area contributed by atoms with E-state index in [1.807, 2.05) is 0 Å². The van der Waals surface area contributed by atoms with Crippen LogP contribution >= 0.6 is 15.9 Å². The lowest BCUT2D eigenvalue weighted by Crippen LogP contribution is -2.59. The molecule has 1 aliphatic heterocycles. The van der Waals surface area contributed by atoms with Crippen LogP contribution in [0.4, 0.5) is 0 Å². The van der Waals surface area contributed by atoms with Crippen molar-refractivity contribution in [3.8, 4) is 0 Å². The topological polar surface area (TPSA) is 88.1 Å². The minimum Gasteiger partial charge on any atom is -0.456 e. The Balaban J connectivity index is 3.01. The summed E-state index contributed by atoms with van der Waals surface area (Å²) in [4.78, 5) is 33.5. The summed E-state index contributed by atoms with van der Waals surface area (Å²) in [5.41, 5.74) is 0. The summed E-state index contributed by atoms with van der Waals surface area (Å²) < 4.78 is 20.9. The predicted octanol–water partition coefficient (Wildman–Crippen LogP) is 0.921. The zero-order valence-corrected chi connectivity index (χ0v) is 13.2. The van der Waals surface area contributed by atoms with Crippen LogP contribution in [0.25, 0.3) is 0 Å². The van der Waals surface area contributed by atoms with Gasteiger partial charge in [0.2, 0.25) is 0 Å². The maximum absolute atomic E-state index is 11.2. The second-order valence-electron chi connectivity index (χ2n) is 4.41. The molecule has 8 heteroatoms. The standard InChI is InChI=1S/C12H17BrO7/c1-5-9(18-6(2)14)10(19-7(3)15)11(12(13)17-5)20-8(4)16/h5,9-12H,1-4H3/t5-,9+,10-,11-,12+/m0/s1. The van der Waals surface area contributed by atoms with E-state index >= 15 is 0 Å². The molecule has 0 N–H and O–H groups in total. The van der Waals surface area contributed by atoms with Gasteiger partial charge < -0.3 is 18.9 Å². The molecule has 1 heterocycles. The van der Waals surface area contributed by atoms with Crippen molar-refractivity contribution in [1.82, 2.24) is 0 Å². The van der Waals surface area contributed by atoms with Crippen molar-refractivity contribution in [3.63, 3.8) is 0 Å². The fourth-order valence-electron chi connectivity index (χ4n) is 1.96. The van der Waals surface area contributed by atoms with Crippen LogP contribution < -0.4 is 0 Å². The summed E-state index contributed by atoms with van der Waals surface area (Å²) in [5.74, 6) is -1.67. The first-order valence-electron chi connectivity index (χ1n) is 6.03. The number of esters is 3. The minimum absolute atomic E-state index is 0.528. The lowest BCUT2D eigenvalue weighted by molar-refractivity contribution is -0.227. The average molecular weight is 353 g/mol. The van der Waals surface area contributed by atoms with Crippen LogP contribution in [0.2, 0.25) is 0 Å². The molecule has 0 saturated carbocycles. The second-order valence-corrected chi connectivity index (χ2v) is 5.32.